The predicted molar refractivity (Wildman–Crippen MR) is 74.7 cm³/mol. The maximum Gasteiger partial charge on any atom is 0.240 e. The van der Waals surface area contributed by atoms with Gasteiger partial charge < -0.3 is 0 Å². The molecule has 0 bridgehead atoms. The van der Waals surface area contributed by atoms with Crippen LogP contribution < -0.4 is 0 Å². The summed E-state index contributed by atoms with van der Waals surface area (Å²) in [6, 6.07) is 0. The van der Waals surface area contributed by atoms with Crippen molar-refractivity contribution in [2.45, 2.75) is 42.5 Å². The van der Waals surface area contributed by atoms with Crippen LogP contribution in [0.25, 0.3) is 5.95 Å². The summed E-state index contributed by atoms with van der Waals surface area (Å²) >= 11 is 7.69. The molecule has 3 rings (SSSR count). The van der Waals surface area contributed by atoms with Crippen molar-refractivity contribution in [2.24, 2.45) is 0 Å². The highest BCUT2D eigenvalue weighted by Crippen LogP contribution is 2.32. The average molecular weight is 296 g/mol. The quantitative estimate of drug-likeness (QED) is 0.870. The van der Waals surface area contributed by atoms with Crippen LogP contribution in [0.15, 0.2) is 23.9 Å². The van der Waals surface area contributed by atoms with E-state index in [2.05, 4.69) is 19.9 Å². The molecule has 2 aromatic rings. The van der Waals surface area contributed by atoms with Crippen LogP contribution in [-0.4, -0.2) is 29.8 Å². The van der Waals surface area contributed by atoms with Crippen molar-refractivity contribution in [3.63, 3.8) is 0 Å². The third-order valence-corrected chi connectivity index (χ3v) is 4.50. The van der Waals surface area contributed by atoms with E-state index in [0.717, 1.165) is 0 Å². The van der Waals surface area contributed by atoms with Gasteiger partial charge in [0.05, 0.1) is 0 Å². The van der Waals surface area contributed by atoms with Crippen LogP contribution in [0.5, 0.6) is 0 Å². The molecule has 0 amide bonds. The summed E-state index contributed by atoms with van der Waals surface area (Å²) in [4.78, 5) is 16.8. The van der Waals surface area contributed by atoms with E-state index in [-0.39, 0.29) is 5.28 Å². The summed E-state index contributed by atoms with van der Waals surface area (Å²) < 4.78 is 1.73. The Morgan fingerprint density at radius 3 is 2.74 bits per heavy atom. The smallest absolute Gasteiger partial charge is 0.240 e. The number of hydrogen-bond acceptors (Lipinski definition) is 5. The minimum Gasteiger partial charge on any atom is -0.274 e. The normalized spacial score (nSPS) is 16.7. The Bertz CT molecular complexity index is 539. The van der Waals surface area contributed by atoms with Gasteiger partial charge in [-0.2, -0.15) is 15.0 Å². The number of thioether (sulfide) groups is 1. The van der Waals surface area contributed by atoms with E-state index >= 15 is 0 Å². The molecular weight excluding hydrogens is 282 g/mol. The van der Waals surface area contributed by atoms with Crippen molar-refractivity contribution in [3.8, 4) is 5.95 Å². The largest absolute Gasteiger partial charge is 0.274 e. The van der Waals surface area contributed by atoms with Gasteiger partial charge in [0.15, 0.2) is 5.16 Å². The van der Waals surface area contributed by atoms with E-state index in [4.69, 9.17) is 11.6 Å². The molecule has 0 atom stereocenters. The minimum atomic E-state index is 0.233. The first-order chi connectivity index (χ1) is 9.31. The summed E-state index contributed by atoms with van der Waals surface area (Å²) in [6.07, 6.45) is 11.5. The molecule has 0 aromatic carbocycles. The first-order valence-electron chi connectivity index (χ1n) is 6.38. The fourth-order valence-corrected chi connectivity index (χ4v) is 3.55. The van der Waals surface area contributed by atoms with Gasteiger partial charge in [-0.3, -0.25) is 4.57 Å². The summed E-state index contributed by atoms with van der Waals surface area (Å²) in [5.41, 5.74) is 0. The molecule has 0 saturated heterocycles. The Labute approximate surface area is 120 Å². The second-order valence-corrected chi connectivity index (χ2v) is 6.14. The van der Waals surface area contributed by atoms with Crippen LogP contribution in [0.4, 0.5) is 0 Å². The van der Waals surface area contributed by atoms with Gasteiger partial charge in [0.2, 0.25) is 11.2 Å². The zero-order chi connectivity index (χ0) is 13.1. The van der Waals surface area contributed by atoms with E-state index in [1.54, 1.807) is 35.0 Å². The molecule has 100 valence electrons. The van der Waals surface area contributed by atoms with Crippen LogP contribution in [-0.2, 0) is 0 Å². The summed E-state index contributed by atoms with van der Waals surface area (Å²) in [5.74, 6) is 0.524. The Hall–Kier alpha value is -1.14. The molecule has 0 spiro atoms. The molecule has 0 unspecified atom stereocenters. The Kier molecular flexibility index (Phi) is 3.98. The van der Waals surface area contributed by atoms with Crippen molar-refractivity contribution < 1.29 is 0 Å². The van der Waals surface area contributed by atoms with Gasteiger partial charge in [-0.05, 0) is 24.4 Å². The molecule has 1 saturated carbocycles. The molecular formula is C12H14ClN5S. The zero-order valence-corrected chi connectivity index (χ0v) is 11.9. The van der Waals surface area contributed by atoms with Gasteiger partial charge >= 0.3 is 0 Å². The molecule has 0 radical (unpaired) electrons. The van der Waals surface area contributed by atoms with Gasteiger partial charge in [-0.15, -0.1) is 0 Å². The number of nitrogens with zero attached hydrogens (tertiary/aromatic N) is 5. The van der Waals surface area contributed by atoms with E-state index in [9.17, 15) is 0 Å². The summed E-state index contributed by atoms with van der Waals surface area (Å²) in [6.45, 7) is 0. The van der Waals surface area contributed by atoms with Crippen molar-refractivity contribution in [1.29, 1.82) is 0 Å². The third-order valence-electron chi connectivity index (χ3n) is 3.14. The Balaban J connectivity index is 1.81. The van der Waals surface area contributed by atoms with E-state index in [1.807, 2.05) is 0 Å². The Morgan fingerprint density at radius 1 is 1.16 bits per heavy atom. The fourth-order valence-electron chi connectivity index (χ4n) is 2.20. The number of imidazole rings is 1. The lowest BCUT2D eigenvalue weighted by atomic mass is 10.0. The molecule has 1 fully saturated rings. The average Bonchev–Trinajstić information content (AvgIpc) is 2.93. The highest BCUT2D eigenvalue weighted by molar-refractivity contribution is 7.99. The standard InChI is InChI=1S/C12H14ClN5S/c13-10-15-11(18-7-6-14-8-18)17-12(16-10)19-9-4-2-1-3-5-9/h6-9H,1-5H2. The van der Waals surface area contributed by atoms with Crippen LogP contribution in [0, 0.1) is 0 Å². The Morgan fingerprint density at radius 2 is 2.00 bits per heavy atom. The fraction of sp³-hybridized carbons (Fsp3) is 0.500. The van der Waals surface area contributed by atoms with E-state index < -0.39 is 0 Å². The van der Waals surface area contributed by atoms with Gasteiger partial charge in [0.1, 0.15) is 6.33 Å². The topological polar surface area (TPSA) is 56.5 Å². The van der Waals surface area contributed by atoms with E-state index in [0.29, 0.717) is 16.4 Å². The molecule has 5 nitrogen and oxygen atoms in total. The molecule has 19 heavy (non-hydrogen) atoms. The van der Waals surface area contributed by atoms with Crippen LogP contribution in [0.2, 0.25) is 5.28 Å². The monoisotopic (exact) mass is 295 g/mol. The number of rotatable bonds is 3. The van der Waals surface area contributed by atoms with E-state index in [1.165, 1.54) is 32.1 Å². The van der Waals surface area contributed by atoms with Gasteiger partial charge in [-0.25, -0.2) is 4.98 Å². The molecule has 2 aromatic heterocycles. The highest BCUT2D eigenvalue weighted by Gasteiger charge is 2.17. The summed E-state index contributed by atoms with van der Waals surface area (Å²) in [7, 11) is 0. The molecule has 0 N–H and O–H groups in total. The van der Waals surface area contributed by atoms with Crippen molar-refractivity contribution >= 4 is 23.4 Å². The molecule has 0 aliphatic heterocycles. The maximum absolute atomic E-state index is 5.98. The van der Waals surface area contributed by atoms with Crippen molar-refractivity contribution in [2.75, 3.05) is 0 Å². The molecule has 2 heterocycles. The molecule has 1 aliphatic rings. The lowest BCUT2D eigenvalue weighted by Gasteiger charge is -2.19. The van der Waals surface area contributed by atoms with Gasteiger partial charge in [0.25, 0.3) is 0 Å². The van der Waals surface area contributed by atoms with Crippen molar-refractivity contribution in [1.82, 2.24) is 24.5 Å². The maximum atomic E-state index is 5.98. The first-order valence-corrected chi connectivity index (χ1v) is 7.63. The SMILES string of the molecule is Clc1nc(SC2CCCCC2)nc(-n2ccnc2)n1. The number of aromatic nitrogens is 5. The molecule has 1 aliphatic carbocycles. The minimum absolute atomic E-state index is 0.233. The lowest BCUT2D eigenvalue weighted by Crippen LogP contribution is -2.10. The molecule has 7 heteroatoms. The summed E-state index contributed by atoms with van der Waals surface area (Å²) in [5, 5.41) is 1.54. The van der Waals surface area contributed by atoms with Crippen LogP contribution >= 0.6 is 23.4 Å². The second-order valence-electron chi connectivity index (χ2n) is 4.53. The first kappa shape index (κ1) is 12.9. The zero-order valence-electron chi connectivity index (χ0n) is 10.4. The van der Waals surface area contributed by atoms with Crippen molar-refractivity contribution in [3.05, 3.63) is 24.0 Å². The number of halogens is 1. The third kappa shape index (κ3) is 3.25. The predicted octanol–water partition coefficient (Wildman–Crippen LogP) is 3.14. The van der Waals surface area contributed by atoms with Gasteiger partial charge in [0, 0.05) is 17.6 Å². The van der Waals surface area contributed by atoms with Crippen LogP contribution in [0.3, 0.4) is 0 Å². The highest BCUT2D eigenvalue weighted by atomic mass is 35.5. The van der Waals surface area contributed by atoms with Gasteiger partial charge in [-0.1, -0.05) is 31.0 Å². The lowest BCUT2D eigenvalue weighted by molar-refractivity contribution is 0.515. The van der Waals surface area contributed by atoms with Crippen LogP contribution in [0.1, 0.15) is 32.1 Å². The second kappa shape index (κ2) is 5.88. The number of hydrogen-bond donors (Lipinski definition) is 0.